The molecule has 0 radical (unpaired) electrons. The molecular weight excluding hydrogens is 545 g/mol. The summed E-state index contributed by atoms with van der Waals surface area (Å²) < 4.78 is 26.3. The summed E-state index contributed by atoms with van der Waals surface area (Å²) in [7, 11) is -3.72. The van der Waals surface area contributed by atoms with Gasteiger partial charge in [0.1, 0.15) is 0 Å². The zero-order chi connectivity index (χ0) is 27.3. The van der Waals surface area contributed by atoms with Gasteiger partial charge >= 0.3 is 29.6 Å². The van der Waals surface area contributed by atoms with Crippen LogP contribution in [0.3, 0.4) is 0 Å². The first-order valence-corrected chi connectivity index (χ1v) is 13.9. The van der Waals surface area contributed by atoms with Crippen LogP contribution in [0, 0.1) is 0 Å². The molecule has 0 aromatic heterocycles. The van der Waals surface area contributed by atoms with Crippen LogP contribution in [0.15, 0.2) is 107 Å². The van der Waals surface area contributed by atoms with Crippen molar-refractivity contribution < 1.29 is 53.0 Å². The molecule has 6 nitrogen and oxygen atoms in total. The quantitative estimate of drug-likeness (QED) is 0.279. The fourth-order valence-electron chi connectivity index (χ4n) is 4.16. The van der Waals surface area contributed by atoms with E-state index >= 15 is 0 Å². The Bertz CT molecular complexity index is 1530. The van der Waals surface area contributed by atoms with Gasteiger partial charge in [-0.1, -0.05) is 66.2 Å². The number of carboxylic acid groups (broad SMARTS) is 1. The topological polar surface area (TPSA) is 107 Å². The summed E-state index contributed by atoms with van der Waals surface area (Å²) in [5, 5.41) is 25.4. The molecule has 0 aliphatic heterocycles. The van der Waals surface area contributed by atoms with Crippen LogP contribution in [0.4, 0.5) is 0 Å². The minimum Gasteiger partial charge on any atom is -0.545 e. The van der Waals surface area contributed by atoms with E-state index in [1.807, 2.05) is 13.0 Å². The average Bonchev–Trinajstić information content (AvgIpc) is 2.92. The number of rotatable bonds is 10. The van der Waals surface area contributed by atoms with Gasteiger partial charge in [-0.15, -0.1) is 0 Å². The third kappa shape index (κ3) is 8.02. The Kier molecular flexibility index (Phi) is 10.9. The minimum absolute atomic E-state index is 0. The Balaban J connectivity index is 0.00000420. The van der Waals surface area contributed by atoms with Crippen LogP contribution in [-0.2, 0) is 16.3 Å². The summed E-state index contributed by atoms with van der Waals surface area (Å²) in [5.41, 5.74) is 3.11. The van der Waals surface area contributed by atoms with Crippen LogP contribution >= 0.6 is 11.6 Å². The van der Waals surface area contributed by atoms with Crippen molar-refractivity contribution in [2.45, 2.75) is 35.3 Å². The first-order valence-electron chi connectivity index (χ1n) is 12.1. The van der Waals surface area contributed by atoms with Crippen LogP contribution < -0.4 is 40.0 Å². The number of carbonyl (C=O) groups is 1. The predicted molar refractivity (Wildman–Crippen MR) is 146 cm³/mol. The molecule has 2 N–H and O–H groups in total. The molecule has 0 aliphatic carbocycles. The van der Waals surface area contributed by atoms with Gasteiger partial charge in [0.2, 0.25) is 9.84 Å². The normalized spacial score (nSPS) is 12.8. The number of aliphatic hydroxyl groups is 1. The van der Waals surface area contributed by atoms with E-state index in [1.165, 1.54) is 24.3 Å². The molecule has 0 amide bonds. The van der Waals surface area contributed by atoms with Crippen LogP contribution in [0.2, 0.25) is 5.02 Å². The number of aromatic carboxylic acids is 1. The molecule has 0 aliphatic rings. The molecular formula is C30H27ClNNaO5S. The van der Waals surface area contributed by atoms with E-state index in [1.54, 1.807) is 66.7 Å². The number of aliphatic hydroxyl groups excluding tert-OH is 1. The van der Waals surface area contributed by atoms with Crippen molar-refractivity contribution >= 4 is 27.4 Å². The number of sulfone groups is 1. The average molecular weight is 572 g/mol. The van der Waals surface area contributed by atoms with Crippen LogP contribution in [0.5, 0.6) is 0 Å². The first kappa shape index (κ1) is 31.0. The largest absolute Gasteiger partial charge is 1.00 e. The first-order chi connectivity index (χ1) is 18.1. The van der Waals surface area contributed by atoms with Gasteiger partial charge in [-0.05, 0) is 83.6 Å². The predicted octanol–water partition coefficient (Wildman–Crippen LogP) is 1.46. The minimum atomic E-state index is -3.72. The molecule has 0 unspecified atom stereocenters. The molecule has 39 heavy (non-hydrogen) atoms. The summed E-state index contributed by atoms with van der Waals surface area (Å²) in [6.07, 6.45) is -0.0319. The van der Waals surface area contributed by atoms with Gasteiger partial charge in [0, 0.05) is 17.6 Å². The third-order valence-corrected chi connectivity index (χ3v) is 8.29. The molecule has 4 aromatic rings. The SMILES string of the molecule is C[C@H](Cc1ccc(S(=O)(=O)c2ccc(-c3cccc(C(=O)[O-])c3)cc2)cc1)NC[C@H](O)c1cccc(Cl)c1.[Na+]. The number of halogens is 1. The fraction of sp³-hybridized carbons (Fsp3) is 0.167. The Morgan fingerprint density at radius 3 is 2.13 bits per heavy atom. The monoisotopic (exact) mass is 571 g/mol. The molecule has 4 rings (SSSR count). The van der Waals surface area contributed by atoms with E-state index in [-0.39, 0.29) is 51.0 Å². The molecule has 9 heteroatoms. The van der Waals surface area contributed by atoms with Crippen LogP contribution in [0.1, 0.15) is 34.5 Å². The van der Waals surface area contributed by atoms with Crippen LogP contribution in [0.25, 0.3) is 11.1 Å². The molecule has 0 heterocycles. The molecule has 0 fully saturated rings. The Hall–Kier alpha value is -2.49. The van der Waals surface area contributed by atoms with Crippen LogP contribution in [-0.4, -0.2) is 32.1 Å². The number of carboxylic acids is 1. The molecule has 0 spiro atoms. The van der Waals surface area contributed by atoms with Crippen molar-refractivity contribution in [3.05, 3.63) is 119 Å². The zero-order valence-electron chi connectivity index (χ0n) is 21.7. The van der Waals surface area contributed by atoms with Crippen molar-refractivity contribution in [2.24, 2.45) is 0 Å². The van der Waals surface area contributed by atoms with E-state index in [2.05, 4.69) is 5.32 Å². The maximum Gasteiger partial charge on any atom is 1.00 e. The maximum absolute atomic E-state index is 13.2. The van der Waals surface area contributed by atoms with E-state index in [4.69, 9.17) is 11.6 Å². The number of benzene rings is 4. The third-order valence-electron chi connectivity index (χ3n) is 6.26. The number of hydrogen-bond acceptors (Lipinski definition) is 6. The Morgan fingerprint density at radius 2 is 1.51 bits per heavy atom. The van der Waals surface area contributed by atoms with E-state index < -0.39 is 21.9 Å². The zero-order valence-corrected chi connectivity index (χ0v) is 25.2. The molecule has 0 saturated heterocycles. The summed E-state index contributed by atoms with van der Waals surface area (Å²) in [6.45, 7) is 2.36. The Labute approximate surface area is 255 Å². The van der Waals surface area contributed by atoms with Crippen molar-refractivity contribution in [1.29, 1.82) is 0 Å². The summed E-state index contributed by atoms with van der Waals surface area (Å²) >= 11 is 6.00. The van der Waals surface area contributed by atoms with Gasteiger partial charge in [-0.3, -0.25) is 0 Å². The molecule has 2 atom stereocenters. The number of hydrogen-bond donors (Lipinski definition) is 2. The van der Waals surface area contributed by atoms with Gasteiger partial charge in [-0.2, -0.15) is 0 Å². The number of nitrogens with one attached hydrogen (secondary N) is 1. The fourth-order valence-corrected chi connectivity index (χ4v) is 5.62. The van der Waals surface area contributed by atoms with Gasteiger partial charge in [-0.25, -0.2) is 8.42 Å². The maximum atomic E-state index is 13.2. The molecule has 196 valence electrons. The second kappa shape index (κ2) is 13.7. The van der Waals surface area contributed by atoms with Gasteiger partial charge < -0.3 is 20.3 Å². The second-order valence-electron chi connectivity index (χ2n) is 9.12. The van der Waals surface area contributed by atoms with Crippen molar-refractivity contribution in [3.8, 4) is 11.1 Å². The smallest absolute Gasteiger partial charge is 0.545 e. The number of carbonyl (C=O) groups excluding carboxylic acids is 1. The molecule has 4 aromatic carbocycles. The van der Waals surface area contributed by atoms with E-state index in [0.717, 1.165) is 11.1 Å². The van der Waals surface area contributed by atoms with Crippen molar-refractivity contribution in [2.75, 3.05) is 6.54 Å². The second-order valence-corrected chi connectivity index (χ2v) is 11.5. The van der Waals surface area contributed by atoms with Gasteiger partial charge in [0.15, 0.2) is 0 Å². The Morgan fingerprint density at radius 1 is 0.897 bits per heavy atom. The van der Waals surface area contributed by atoms with E-state index in [0.29, 0.717) is 29.1 Å². The van der Waals surface area contributed by atoms with Crippen molar-refractivity contribution in [1.82, 2.24) is 5.32 Å². The van der Waals surface area contributed by atoms with E-state index in [9.17, 15) is 23.4 Å². The standard InChI is InChI=1S/C30H28ClNO5S.Na/c1-20(32-19-29(33)24-5-3-7-26(31)18-24)16-21-8-12-27(13-9-21)38(36,37)28-14-10-22(11-15-28)23-4-2-6-25(17-23)30(34)35;/h2-15,17-18,20,29,32-33H,16,19H2,1H3,(H,34,35);/q;+1/p-1/t20-,29+;/m1./s1. The van der Waals surface area contributed by atoms with Crippen molar-refractivity contribution in [3.63, 3.8) is 0 Å². The van der Waals surface area contributed by atoms with Gasteiger partial charge in [0.25, 0.3) is 0 Å². The molecule has 0 bridgehead atoms. The summed E-state index contributed by atoms with van der Waals surface area (Å²) in [5.74, 6) is -1.27. The van der Waals surface area contributed by atoms with Gasteiger partial charge in [0.05, 0.1) is 21.9 Å². The molecule has 0 saturated carbocycles. The summed E-state index contributed by atoms with van der Waals surface area (Å²) in [6, 6.07) is 26.6. The summed E-state index contributed by atoms with van der Waals surface area (Å²) in [4.78, 5) is 11.5.